The van der Waals surface area contributed by atoms with Crippen LogP contribution in [0.4, 0.5) is 4.79 Å². The van der Waals surface area contributed by atoms with E-state index >= 15 is 0 Å². The molecule has 0 aliphatic heterocycles. The number of urea groups is 1. The molecule has 0 saturated carbocycles. The number of rotatable bonds is 4. The van der Waals surface area contributed by atoms with Crippen molar-refractivity contribution in [3.8, 4) is 0 Å². The van der Waals surface area contributed by atoms with Crippen molar-refractivity contribution in [1.82, 2.24) is 20.4 Å². The molecule has 14 heavy (non-hydrogen) atoms. The van der Waals surface area contributed by atoms with Crippen molar-refractivity contribution in [2.75, 3.05) is 13.1 Å². The molecule has 1 heterocycles. The SMILES string of the molecule is CCNC(=O)NCCc1ccn(C)n1. The van der Waals surface area contributed by atoms with Crippen LogP contribution >= 0.6 is 0 Å². The first-order valence-corrected chi connectivity index (χ1v) is 4.72. The van der Waals surface area contributed by atoms with E-state index in [0.717, 1.165) is 12.1 Å². The first-order valence-electron chi connectivity index (χ1n) is 4.72. The summed E-state index contributed by atoms with van der Waals surface area (Å²) in [5.41, 5.74) is 0.990. The summed E-state index contributed by atoms with van der Waals surface area (Å²) >= 11 is 0. The number of carbonyl (C=O) groups excluding carboxylic acids is 1. The second-order valence-electron chi connectivity index (χ2n) is 3.02. The average molecular weight is 196 g/mol. The van der Waals surface area contributed by atoms with E-state index in [1.54, 1.807) is 4.68 Å². The molecule has 0 aliphatic rings. The van der Waals surface area contributed by atoms with Crippen LogP contribution in [-0.2, 0) is 13.5 Å². The summed E-state index contributed by atoms with van der Waals surface area (Å²) in [6, 6.07) is 1.82. The van der Waals surface area contributed by atoms with Crippen molar-refractivity contribution in [2.24, 2.45) is 7.05 Å². The molecule has 0 saturated heterocycles. The molecule has 78 valence electrons. The van der Waals surface area contributed by atoms with Gasteiger partial charge in [-0.25, -0.2) is 4.79 Å². The smallest absolute Gasteiger partial charge is 0.314 e. The second kappa shape index (κ2) is 5.26. The van der Waals surface area contributed by atoms with Crippen LogP contribution < -0.4 is 10.6 Å². The zero-order valence-corrected chi connectivity index (χ0v) is 8.58. The molecule has 0 radical (unpaired) electrons. The summed E-state index contributed by atoms with van der Waals surface area (Å²) in [4.78, 5) is 11.0. The van der Waals surface area contributed by atoms with E-state index in [4.69, 9.17) is 0 Å². The Morgan fingerprint density at radius 1 is 1.57 bits per heavy atom. The predicted octanol–water partition coefficient (Wildman–Crippen LogP) is 0.282. The molecule has 1 aromatic heterocycles. The van der Waals surface area contributed by atoms with Gasteiger partial charge in [0.2, 0.25) is 0 Å². The molecule has 0 bridgehead atoms. The molecule has 0 spiro atoms. The van der Waals surface area contributed by atoms with Gasteiger partial charge < -0.3 is 10.6 Å². The van der Waals surface area contributed by atoms with Crippen LogP contribution in [0.5, 0.6) is 0 Å². The van der Waals surface area contributed by atoms with Gasteiger partial charge in [0.25, 0.3) is 0 Å². The minimum Gasteiger partial charge on any atom is -0.338 e. The Morgan fingerprint density at radius 2 is 2.36 bits per heavy atom. The van der Waals surface area contributed by atoms with Crippen molar-refractivity contribution >= 4 is 6.03 Å². The standard InChI is InChI=1S/C9H16N4O/c1-3-10-9(14)11-6-4-8-5-7-13(2)12-8/h5,7H,3-4,6H2,1-2H3,(H2,10,11,14). The fourth-order valence-corrected chi connectivity index (χ4v) is 1.12. The van der Waals surface area contributed by atoms with E-state index < -0.39 is 0 Å². The summed E-state index contributed by atoms with van der Waals surface area (Å²) in [5.74, 6) is 0. The molecule has 0 fully saturated rings. The van der Waals surface area contributed by atoms with E-state index in [-0.39, 0.29) is 6.03 Å². The number of amides is 2. The van der Waals surface area contributed by atoms with Crippen LogP contribution in [-0.4, -0.2) is 28.9 Å². The summed E-state index contributed by atoms with van der Waals surface area (Å²) in [6.07, 6.45) is 2.65. The van der Waals surface area contributed by atoms with Gasteiger partial charge in [0.05, 0.1) is 5.69 Å². The van der Waals surface area contributed by atoms with Gasteiger partial charge in [-0.05, 0) is 13.0 Å². The Kier molecular flexibility index (Phi) is 3.97. The Labute approximate surface area is 83.5 Å². The number of carbonyl (C=O) groups is 1. The third-order valence-corrected chi connectivity index (χ3v) is 1.77. The molecule has 2 amide bonds. The molecule has 0 atom stereocenters. The molecule has 1 aromatic rings. The van der Waals surface area contributed by atoms with E-state index in [1.165, 1.54) is 0 Å². The third kappa shape index (κ3) is 3.47. The van der Waals surface area contributed by atoms with Gasteiger partial charge in [-0.1, -0.05) is 0 Å². The highest BCUT2D eigenvalue weighted by Gasteiger charge is 1.99. The lowest BCUT2D eigenvalue weighted by Crippen LogP contribution is -2.36. The van der Waals surface area contributed by atoms with Crippen LogP contribution in [0.3, 0.4) is 0 Å². The topological polar surface area (TPSA) is 59.0 Å². The maximum atomic E-state index is 11.0. The largest absolute Gasteiger partial charge is 0.338 e. The van der Waals surface area contributed by atoms with E-state index in [2.05, 4.69) is 15.7 Å². The molecule has 5 heteroatoms. The van der Waals surface area contributed by atoms with Crippen LogP contribution in [0, 0.1) is 0 Å². The van der Waals surface area contributed by atoms with Gasteiger partial charge in [0.1, 0.15) is 0 Å². The van der Waals surface area contributed by atoms with Gasteiger partial charge in [0.15, 0.2) is 0 Å². The van der Waals surface area contributed by atoms with Gasteiger partial charge in [-0.15, -0.1) is 0 Å². The first kappa shape index (κ1) is 10.6. The molecule has 0 aromatic carbocycles. The van der Waals surface area contributed by atoms with Gasteiger partial charge >= 0.3 is 6.03 Å². The van der Waals surface area contributed by atoms with Crippen LogP contribution in [0.2, 0.25) is 0 Å². The number of aromatic nitrogens is 2. The fourth-order valence-electron chi connectivity index (χ4n) is 1.12. The number of nitrogens with one attached hydrogen (secondary N) is 2. The third-order valence-electron chi connectivity index (χ3n) is 1.77. The van der Waals surface area contributed by atoms with E-state index in [1.807, 2.05) is 26.2 Å². The Bertz CT molecular complexity index is 295. The Balaban J connectivity index is 2.18. The first-order chi connectivity index (χ1) is 6.72. The Morgan fingerprint density at radius 3 is 2.93 bits per heavy atom. The quantitative estimate of drug-likeness (QED) is 0.726. The molecule has 5 nitrogen and oxygen atoms in total. The summed E-state index contributed by atoms with van der Waals surface area (Å²) in [5, 5.41) is 9.60. The molecule has 0 aliphatic carbocycles. The van der Waals surface area contributed by atoms with Crippen molar-refractivity contribution in [2.45, 2.75) is 13.3 Å². The second-order valence-corrected chi connectivity index (χ2v) is 3.02. The van der Waals surface area contributed by atoms with Crippen LogP contribution in [0.15, 0.2) is 12.3 Å². The normalized spacial score (nSPS) is 9.86. The summed E-state index contributed by atoms with van der Waals surface area (Å²) in [6.45, 7) is 3.15. The van der Waals surface area contributed by atoms with Crippen molar-refractivity contribution < 1.29 is 4.79 Å². The number of hydrogen-bond donors (Lipinski definition) is 2. The molecule has 2 N–H and O–H groups in total. The number of nitrogens with zero attached hydrogens (tertiary/aromatic N) is 2. The van der Waals surface area contributed by atoms with E-state index in [0.29, 0.717) is 13.1 Å². The highest BCUT2D eigenvalue weighted by atomic mass is 16.2. The van der Waals surface area contributed by atoms with Crippen molar-refractivity contribution in [3.63, 3.8) is 0 Å². The average Bonchev–Trinajstić information content (AvgIpc) is 2.52. The van der Waals surface area contributed by atoms with Crippen LogP contribution in [0.1, 0.15) is 12.6 Å². The molecule has 0 unspecified atom stereocenters. The maximum Gasteiger partial charge on any atom is 0.314 e. The fraction of sp³-hybridized carbons (Fsp3) is 0.556. The van der Waals surface area contributed by atoms with Crippen molar-refractivity contribution in [3.05, 3.63) is 18.0 Å². The lowest BCUT2D eigenvalue weighted by molar-refractivity contribution is 0.241. The monoisotopic (exact) mass is 196 g/mol. The van der Waals surface area contributed by atoms with Gasteiger partial charge in [-0.2, -0.15) is 5.10 Å². The number of aryl methyl sites for hydroxylation is 1. The molecule has 1 rings (SSSR count). The van der Waals surface area contributed by atoms with E-state index in [9.17, 15) is 4.79 Å². The van der Waals surface area contributed by atoms with Gasteiger partial charge in [-0.3, -0.25) is 4.68 Å². The minimum absolute atomic E-state index is 0.122. The minimum atomic E-state index is -0.122. The number of hydrogen-bond acceptors (Lipinski definition) is 2. The maximum absolute atomic E-state index is 11.0. The predicted molar refractivity (Wildman–Crippen MR) is 54.0 cm³/mol. The lowest BCUT2D eigenvalue weighted by atomic mass is 10.3. The zero-order valence-electron chi connectivity index (χ0n) is 8.58. The molecular formula is C9H16N4O. The highest BCUT2D eigenvalue weighted by molar-refractivity contribution is 5.73. The van der Waals surface area contributed by atoms with Crippen molar-refractivity contribution in [1.29, 1.82) is 0 Å². The van der Waals surface area contributed by atoms with Crippen LogP contribution in [0.25, 0.3) is 0 Å². The lowest BCUT2D eigenvalue weighted by Gasteiger charge is -2.03. The zero-order chi connectivity index (χ0) is 10.4. The Hall–Kier alpha value is -1.52. The van der Waals surface area contributed by atoms with Gasteiger partial charge in [0, 0.05) is 32.8 Å². The summed E-state index contributed by atoms with van der Waals surface area (Å²) < 4.78 is 1.75. The molecular weight excluding hydrogens is 180 g/mol. The summed E-state index contributed by atoms with van der Waals surface area (Å²) in [7, 11) is 1.88. The highest BCUT2D eigenvalue weighted by Crippen LogP contribution is 1.93.